The van der Waals surface area contributed by atoms with Crippen LogP contribution < -0.4 is 11.1 Å². The van der Waals surface area contributed by atoms with Crippen molar-refractivity contribution in [3.8, 4) is 0 Å². The number of aromatic nitrogens is 2. The molecule has 0 amide bonds. The molecule has 0 aromatic carbocycles. The second-order valence-electron chi connectivity index (χ2n) is 2.73. The Morgan fingerprint density at radius 1 is 1.31 bits per heavy atom. The Labute approximate surface area is 77.2 Å². The highest BCUT2D eigenvalue weighted by molar-refractivity contribution is 7.16. The third kappa shape index (κ3) is 1.21. The molecule has 2 N–H and O–H groups in total. The summed E-state index contributed by atoms with van der Waals surface area (Å²) in [6, 6.07) is 0. The molecule has 0 spiro atoms. The Bertz CT molecular complexity index is 549. The molecule has 4 nitrogen and oxygen atoms in total. The number of hydrogen-bond acceptors (Lipinski definition) is 3. The average Bonchev–Trinajstić information content (AvgIpc) is 2.48. The summed E-state index contributed by atoms with van der Waals surface area (Å²) in [4.78, 5) is 27.8. The van der Waals surface area contributed by atoms with E-state index in [-0.39, 0.29) is 0 Å². The minimum atomic E-state index is -0.586. The van der Waals surface area contributed by atoms with Crippen molar-refractivity contribution in [2.45, 2.75) is 13.3 Å². The van der Waals surface area contributed by atoms with E-state index in [9.17, 15) is 9.59 Å². The molecule has 0 atom stereocenters. The summed E-state index contributed by atoms with van der Waals surface area (Å²) in [7, 11) is 0. The third-order valence-corrected chi connectivity index (χ3v) is 2.86. The minimum Gasteiger partial charge on any atom is -0.315 e. The van der Waals surface area contributed by atoms with Gasteiger partial charge in [0.15, 0.2) is 0 Å². The van der Waals surface area contributed by atoms with Gasteiger partial charge >= 0.3 is 11.1 Å². The van der Waals surface area contributed by atoms with Crippen molar-refractivity contribution in [3.05, 3.63) is 31.7 Å². The van der Waals surface area contributed by atoms with Gasteiger partial charge in [-0.3, -0.25) is 9.59 Å². The maximum atomic E-state index is 11.0. The first-order valence-electron chi connectivity index (χ1n) is 3.95. The van der Waals surface area contributed by atoms with E-state index in [0.29, 0.717) is 0 Å². The van der Waals surface area contributed by atoms with Crippen LogP contribution in [0.1, 0.15) is 12.5 Å². The van der Waals surface area contributed by atoms with Crippen molar-refractivity contribution < 1.29 is 0 Å². The first-order valence-corrected chi connectivity index (χ1v) is 4.83. The number of thiophene rings is 1. The molecule has 0 saturated carbocycles. The van der Waals surface area contributed by atoms with Gasteiger partial charge in [-0.05, 0) is 17.4 Å². The fourth-order valence-electron chi connectivity index (χ4n) is 1.21. The summed E-state index contributed by atoms with van der Waals surface area (Å²) in [5.41, 5.74) is 0.656. The Hall–Kier alpha value is -1.36. The topological polar surface area (TPSA) is 65.7 Å². The molecule has 0 saturated heterocycles. The zero-order valence-electron chi connectivity index (χ0n) is 7.01. The maximum absolute atomic E-state index is 11.0. The van der Waals surface area contributed by atoms with Crippen molar-refractivity contribution in [2.24, 2.45) is 0 Å². The molecule has 2 heterocycles. The van der Waals surface area contributed by atoms with Crippen LogP contribution in [-0.2, 0) is 6.42 Å². The van der Waals surface area contributed by atoms with Crippen LogP contribution in [0, 0.1) is 0 Å². The molecule has 0 aliphatic heterocycles. The Morgan fingerprint density at radius 3 is 2.69 bits per heavy atom. The molecule has 2 aromatic rings. The maximum Gasteiger partial charge on any atom is 0.314 e. The number of rotatable bonds is 1. The molecule has 0 aliphatic rings. The Kier molecular flexibility index (Phi) is 1.81. The van der Waals surface area contributed by atoms with Gasteiger partial charge in [-0.1, -0.05) is 6.92 Å². The van der Waals surface area contributed by atoms with E-state index >= 15 is 0 Å². The first-order chi connectivity index (χ1) is 6.22. The van der Waals surface area contributed by atoms with Crippen LogP contribution in [0.25, 0.3) is 10.3 Å². The molecule has 2 rings (SSSR count). The van der Waals surface area contributed by atoms with Crippen molar-refractivity contribution in [3.63, 3.8) is 0 Å². The number of hydrogen-bond donors (Lipinski definition) is 2. The summed E-state index contributed by atoms with van der Waals surface area (Å²) in [6.07, 6.45) is 0.849. The Morgan fingerprint density at radius 2 is 2.00 bits per heavy atom. The normalized spacial score (nSPS) is 10.8. The lowest BCUT2D eigenvalue weighted by molar-refractivity contribution is 1.11. The van der Waals surface area contributed by atoms with Crippen molar-refractivity contribution in [2.75, 3.05) is 0 Å². The van der Waals surface area contributed by atoms with Gasteiger partial charge < -0.3 is 9.97 Å². The van der Waals surface area contributed by atoms with Gasteiger partial charge in [0.2, 0.25) is 0 Å². The van der Waals surface area contributed by atoms with E-state index in [4.69, 9.17) is 0 Å². The highest BCUT2D eigenvalue weighted by atomic mass is 32.1. The molecule has 5 heteroatoms. The first kappa shape index (κ1) is 8.25. The summed E-state index contributed by atoms with van der Waals surface area (Å²) in [5.74, 6) is 0. The summed E-state index contributed by atoms with van der Waals surface area (Å²) >= 11 is 1.44. The molecular formula is C8H8N2O2S. The van der Waals surface area contributed by atoms with E-state index in [1.54, 1.807) is 0 Å². The lowest BCUT2D eigenvalue weighted by atomic mass is 10.2. The monoisotopic (exact) mass is 196 g/mol. The molecule has 13 heavy (non-hydrogen) atoms. The lowest BCUT2D eigenvalue weighted by Gasteiger charge is -1.91. The summed E-state index contributed by atoms with van der Waals surface area (Å²) in [6.45, 7) is 2.00. The fraction of sp³-hybridized carbons (Fsp3) is 0.250. The van der Waals surface area contributed by atoms with Crippen molar-refractivity contribution >= 4 is 21.7 Å². The molecule has 2 aromatic heterocycles. The van der Waals surface area contributed by atoms with Crippen LogP contribution in [0.2, 0.25) is 0 Å². The van der Waals surface area contributed by atoms with E-state index < -0.39 is 11.1 Å². The number of H-pyrrole nitrogens is 2. The summed E-state index contributed by atoms with van der Waals surface area (Å²) < 4.78 is 0. The van der Waals surface area contributed by atoms with Gasteiger partial charge in [0.05, 0.1) is 5.52 Å². The fourth-order valence-corrected chi connectivity index (χ4v) is 2.21. The zero-order valence-corrected chi connectivity index (χ0v) is 7.83. The van der Waals surface area contributed by atoms with Gasteiger partial charge in [-0.25, -0.2) is 0 Å². The van der Waals surface area contributed by atoms with Crippen molar-refractivity contribution in [1.29, 1.82) is 0 Å². The molecule has 0 unspecified atom stereocenters. The smallest absolute Gasteiger partial charge is 0.314 e. The van der Waals surface area contributed by atoms with Crippen LogP contribution in [-0.4, -0.2) is 9.97 Å². The highest BCUT2D eigenvalue weighted by Gasteiger charge is 2.04. The molecule has 0 fully saturated rings. The predicted molar refractivity (Wildman–Crippen MR) is 52.4 cm³/mol. The largest absolute Gasteiger partial charge is 0.315 e. The van der Waals surface area contributed by atoms with Gasteiger partial charge in [-0.15, -0.1) is 11.3 Å². The zero-order chi connectivity index (χ0) is 9.42. The van der Waals surface area contributed by atoms with E-state index in [2.05, 4.69) is 9.97 Å². The second kappa shape index (κ2) is 2.85. The minimum absolute atomic E-state index is 0.583. The standard InChI is InChI=1S/C8H8N2O2S/c1-2-4-3-13-8-5(4)9-6(11)7(12)10-8/h3H,2H2,1H3,(H,9,11)(H,10,12). The second-order valence-corrected chi connectivity index (χ2v) is 3.61. The quantitative estimate of drug-likeness (QED) is 0.664. The van der Waals surface area contributed by atoms with Crippen LogP contribution in [0.4, 0.5) is 0 Å². The van der Waals surface area contributed by atoms with E-state index in [1.165, 1.54) is 11.3 Å². The molecule has 0 bridgehead atoms. The SMILES string of the molecule is CCc1csc2[nH]c(=O)c(=O)[nH]c12. The average molecular weight is 196 g/mol. The molecule has 0 radical (unpaired) electrons. The highest BCUT2D eigenvalue weighted by Crippen LogP contribution is 2.19. The molecule has 68 valence electrons. The van der Waals surface area contributed by atoms with Crippen LogP contribution in [0.3, 0.4) is 0 Å². The van der Waals surface area contributed by atoms with Gasteiger partial charge in [0, 0.05) is 0 Å². The number of aromatic amines is 2. The Balaban J connectivity index is 2.92. The van der Waals surface area contributed by atoms with Gasteiger partial charge in [-0.2, -0.15) is 0 Å². The van der Waals surface area contributed by atoms with Crippen molar-refractivity contribution in [1.82, 2.24) is 9.97 Å². The number of nitrogens with one attached hydrogen (secondary N) is 2. The molecule has 0 aliphatic carbocycles. The lowest BCUT2D eigenvalue weighted by Crippen LogP contribution is -2.28. The van der Waals surface area contributed by atoms with E-state index in [0.717, 1.165) is 22.3 Å². The van der Waals surface area contributed by atoms with Crippen LogP contribution in [0.5, 0.6) is 0 Å². The predicted octanol–water partition coefficient (Wildman–Crippen LogP) is 0.840. The van der Waals surface area contributed by atoms with Gasteiger partial charge in [0.1, 0.15) is 4.83 Å². The number of fused-ring (bicyclic) bond motifs is 1. The third-order valence-electron chi connectivity index (χ3n) is 1.92. The van der Waals surface area contributed by atoms with Gasteiger partial charge in [0.25, 0.3) is 0 Å². The summed E-state index contributed by atoms with van der Waals surface area (Å²) in [5, 5.41) is 1.94. The molecular weight excluding hydrogens is 188 g/mol. The van der Waals surface area contributed by atoms with E-state index in [1.807, 2.05) is 12.3 Å². The van der Waals surface area contributed by atoms with Crippen LogP contribution >= 0.6 is 11.3 Å². The number of aryl methyl sites for hydroxylation is 1. The van der Waals surface area contributed by atoms with Crippen LogP contribution in [0.15, 0.2) is 15.0 Å².